The summed E-state index contributed by atoms with van der Waals surface area (Å²) in [5.41, 5.74) is 3.51. The Hall–Kier alpha value is -1.39. The molecule has 1 aromatic carbocycles. The van der Waals surface area contributed by atoms with E-state index in [0.717, 1.165) is 28.9 Å². The number of aryl methyl sites for hydroxylation is 1. The number of hydrogen-bond acceptors (Lipinski definition) is 3. The van der Waals surface area contributed by atoms with Crippen LogP contribution < -0.4 is 10.1 Å². The Labute approximate surface area is 134 Å². The topological polar surface area (TPSA) is 34.2 Å². The Kier molecular flexibility index (Phi) is 5.76. The zero-order valence-corrected chi connectivity index (χ0v) is 14.3. The van der Waals surface area contributed by atoms with Gasteiger partial charge in [-0.15, -0.1) is 0 Å². The van der Waals surface area contributed by atoms with E-state index in [1.807, 2.05) is 12.3 Å². The van der Waals surface area contributed by atoms with Gasteiger partial charge in [-0.2, -0.15) is 0 Å². The SMILES string of the molecule is CCNC(Cc1ccc(C)cn1)c1ccc(OC)c(Br)c1. The Morgan fingerprint density at radius 1 is 1.29 bits per heavy atom. The van der Waals surface area contributed by atoms with Crippen molar-refractivity contribution in [1.29, 1.82) is 0 Å². The largest absolute Gasteiger partial charge is 0.496 e. The van der Waals surface area contributed by atoms with Crippen LogP contribution in [0.5, 0.6) is 5.75 Å². The summed E-state index contributed by atoms with van der Waals surface area (Å²) in [6.07, 6.45) is 2.79. The van der Waals surface area contributed by atoms with Crippen LogP contribution >= 0.6 is 15.9 Å². The van der Waals surface area contributed by atoms with Crippen LogP contribution in [0.3, 0.4) is 0 Å². The van der Waals surface area contributed by atoms with Crippen LogP contribution in [0.1, 0.15) is 29.8 Å². The molecule has 0 aliphatic heterocycles. The van der Waals surface area contributed by atoms with Crippen molar-refractivity contribution >= 4 is 15.9 Å². The fraction of sp³-hybridized carbons (Fsp3) is 0.353. The Balaban J connectivity index is 2.21. The van der Waals surface area contributed by atoms with Crippen LogP contribution in [-0.4, -0.2) is 18.6 Å². The highest BCUT2D eigenvalue weighted by atomic mass is 79.9. The summed E-state index contributed by atoms with van der Waals surface area (Å²) >= 11 is 3.55. The maximum absolute atomic E-state index is 5.29. The summed E-state index contributed by atoms with van der Waals surface area (Å²) in [5.74, 6) is 0.849. The van der Waals surface area contributed by atoms with E-state index in [2.05, 4.69) is 64.3 Å². The van der Waals surface area contributed by atoms with Crippen molar-refractivity contribution in [3.63, 3.8) is 0 Å². The molecule has 112 valence electrons. The quantitative estimate of drug-likeness (QED) is 0.854. The van der Waals surface area contributed by atoms with Gasteiger partial charge in [0.1, 0.15) is 5.75 Å². The van der Waals surface area contributed by atoms with E-state index in [1.54, 1.807) is 7.11 Å². The first-order chi connectivity index (χ1) is 10.1. The minimum absolute atomic E-state index is 0.243. The molecule has 0 spiro atoms. The molecule has 21 heavy (non-hydrogen) atoms. The molecular formula is C17H21BrN2O. The molecule has 4 heteroatoms. The van der Waals surface area contributed by atoms with Crippen molar-refractivity contribution in [2.24, 2.45) is 0 Å². The maximum Gasteiger partial charge on any atom is 0.133 e. The van der Waals surface area contributed by atoms with Crippen molar-refractivity contribution in [3.05, 3.63) is 57.8 Å². The molecule has 0 fully saturated rings. The molecule has 2 rings (SSSR count). The van der Waals surface area contributed by atoms with E-state index in [-0.39, 0.29) is 6.04 Å². The summed E-state index contributed by atoms with van der Waals surface area (Å²) in [6, 6.07) is 10.7. The second kappa shape index (κ2) is 7.57. The molecule has 1 aromatic heterocycles. The van der Waals surface area contributed by atoms with Crippen LogP contribution in [0.25, 0.3) is 0 Å². The van der Waals surface area contributed by atoms with Crippen LogP contribution in [0.2, 0.25) is 0 Å². The summed E-state index contributed by atoms with van der Waals surface area (Å²) < 4.78 is 6.27. The number of aromatic nitrogens is 1. The number of benzene rings is 1. The first kappa shape index (κ1) is 16.0. The summed E-state index contributed by atoms with van der Waals surface area (Å²) in [4.78, 5) is 4.51. The van der Waals surface area contributed by atoms with Gasteiger partial charge >= 0.3 is 0 Å². The third-order valence-corrected chi connectivity index (χ3v) is 4.03. The minimum atomic E-state index is 0.243. The highest BCUT2D eigenvalue weighted by molar-refractivity contribution is 9.10. The maximum atomic E-state index is 5.29. The molecule has 1 heterocycles. The number of pyridine rings is 1. The van der Waals surface area contributed by atoms with E-state index >= 15 is 0 Å². The molecule has 0 saturated heterocycles. The van der Waals surface area contributed by atoms with Crippen LogP contribution in [-0.2, 0) is 6.42 Å². The van der Waals surface area contributed by atoms with Crippen molar-refractivity contribution < 1.29 is 4.74 Å². The first-order valence-electron chi connectivity index (χ1n) is 7.12. The van der Waals surface area contributed by atoms with Crippen molar-refractivity contribution in [2.75, 3.05) is 13.7 Å². The predicted molar refractivity (Wildman–Crippen MR) is 89.8 cm³/mol. The second-order valence-corrected chi connectivity index (χ2v) is 5.89. The molecule has 3 nitrogen and oxygen atoms in total. The fourth-order valence-corrected chi connectivity index (χ4v) is 2.84. The zero-order valence-electron chi connectivity index (χ0n) is 12.7. The average molecular weight is 349 g/mol. The number of methoxy groups -OCH3 is 1. The Morgan fingerprint density at radius 2 is 2.10 bits per heavy atom. The zero-order chi connectivity index (χ0) is 15.2. The van der Waals surface area contributed by atoms with Crippen LogP contribution in [0.15, 0.2) is 41.0 Å². The van der Waals surface area contributed by atoms with Gasteiger partial charge in [-0.1, -0.05) is 19.1 Å². The third kappa shape index (κ3) is 4.29. The number of rotatable bonds is 6. The molecule has 0 radical (unpaired) electrons. The standard InChI is InChI=1S/C17H21BrN2O/c1-4-19-16(10-14-7-5-12(2)11-20-14)13-6-8-17(21-3)15(18)9-13/h5-9,11,16,19H,4,10H2,1-3H3. The first-order valence-corrected chi connectivity index (χ1v) is 7.91. The normalized spacial score (nSPS) is 12.2. The molecule has 1 N–H and O–H groups in total. The second-order valence-electron chi connectivity index (χ2n) is 5.04. The molecule has 0 bridgehead atoms. The van der Waals surface area contributed by atoms with Gasteiger partial charge in [0.25, 0.3) is 0 Å². The van der Waals surface area contributed by atoms with Gasteiger partial charge in [-0.05, 0) is 58.7 Å². The Morgan fingerprint density at radius 3 is 2.67 bits per heavy atom. The minimum Gasteiger partial charge on any atom is -0.496 e. The van der Waals surface area contributed by atoms with Crippen molar-refractivity contribution in [3.8, 4) is 5.75 Å². The number of likely N-dealkylation sites (N-methyl/N-ethyl adjacent to an activating group) is 1. The molecule has 0 aliphatic carbocycles. The van der Waals surface area contributed by atoms with E-state index < -0.39 is 0 Å². The lowest BCUT2D eigenvalue weighted by Crippen LogP contribution is -2.23. The molecule has 0 amide bonds. The lowest BCUT2D eigenvalue weighted by atomic mass is 10.0. The van der Waals surface area contributed by atoms with Crippen LogP contribution in [0.4, 0.5) is 0 Å². The van der Waals surface area contributed by atoms with Crippen molar-refractivity contribution in [1.82, 2.24) is 10.3 Å². The molecule has 0 saturated carbocycles. The van der Waals surface area contributed by atoms with Gasteiger partial charge in [-0.3, -0.25) is 4.98 Å². The molecule has 1 unspecified atom stereocenters. The predicted octanol–water partition coefficient (Wildman–Crippen LogP) is 4.05. The van der Waals surface area contributed by atoms with Gasteiger partial charge in [0, 0.05) is 24.4 Å². The van der Waals surface area contributed by atoms with Gasteiger partial charge < -0.3 is 10.1 Å². The fourth-order valence-electron chi connectivity index (χ4n) is 2.28. The lowest BCUT2D eigenvalue weighted by Gasteiger charge is -2.19. The van der Waals surface area contributed by atoms with Crippen molar-refractivity contribution in [2.45, 2.75) is 26.3 Å². The number of nitrogens with one attached hydrogen (secondary N) is 1. The molecular weight excluding hydrogens is 328 g/mol. The third-order valence-electron chi connectivity index (χ3n) is 3.41. The van der Waals surface area contributed by atoms with E-state index in [4.69, 9.17) is 4.74 Å². The number of ether oxygens (including phenoxy) is 1. The number of hydrogen-bond donors (Lipinski definition) is 1. The van der Waals surface area contributed by atoms with E-state index in [9.17, 15) is 0 Å². The average Bonchev–Trinajstić information content (AvgIpc) is 2.49. The van der Waals surface area contributed by atoms with Gasteiger partial charge in [-0.25, -0.2) is 0 Å². The lowest BCUT2D eigenvalue weighted by molar-refractivity contribution is 0.411. The summed E-state index contributed by atoms with van der Waals surface area (Å²) in [5, 5.41) is 3.53. The number of nitrogens with zero attached hydrogens (tertiary/aromatic N) is 1. The highest BCUT2D eigenvalue weighted by Gasteiger charge is 2.13. The molecule has 0 aliphatic rings. The molecule has 1 atom stereocenters. The van der Waals surface area contributed by atoms with Gasteiger partial charge in [0.2, 0.25) is 0 Å². The summed E-state index contributed by atoms with van der Waals surface area (Å²) in [7, 11) is 1.68. The van der Waals surface area contributed by atoms with Gasteiger partial charge in [0.15, 0.2) is 0 Å². The smallest absolute Gasteiger partial charge is 0.133 e. The Bertz CT molecular complexity index is 584. The van der Waals surface area contributed by atoms with Crippen LogP contribution in [0, 0.1) is 6.92 Å². The van der Waals surface area contributed by atoms with E-state index in [1.165, 1.54) is 11.1 Å². The molecule has 2 aromatic rings. The number of halogens is 1. The van der Waals surface area contributed by atoms with Gasteiger partial charge in [0.05, 0.1) is 11.6 Å². The van der Waals surface area contributed by atoms with E-state index in [0.29, 0.717) is 0 Å². The monoisotopic (exact) mass is 348 g/mol. The highest BCUT2D eigenvalue weighted by Crippen LogP contribution is 2.29. The summed E-state index contributed by atoms with van der Waals surface area (Å²) in [6.45, 7) is 5.09.